The maximum Gasteiger partial charge on any atom is 0.181 e. The summed E-state index contributed by atoms with van der Waals surface area (Å²) in [7, 11) is 0. The van der Waals surface area contributed by atoms with Crippen LogP contribution in [0, 0.1) is 17.1 Å². The molecule has 0 atom stereocenters. The summed E-state index contributed by atoms with van der Waals surface area (Å²) < 4.78 is 13.4. The van der Waals surface area contributed by atoms with E-state index in [0.29, 0.717) is 5.69 Å². The van der Waals surface area contributed by atoms with E-state index in [1.807, 2.05) is 0 Å². The Labute approximate surface area is 75.2 Å². The minimum atomic E-state index is -0.533. The number of nitriles is 1. The van der Waals surface area contributed by atoms with Crippen molar-refractivity contribution in [3.63, 3.8) is 0 Å². The Bertz CT molecular complexity index is 366. The molecule has 1 aromatic rings. The van der Waals surface area contributed by atoms with Crippen molar-refractivity contribution >= 4 is 0 Å². The molecule has 0 bridgehead atoms. The summed E-state index contributed by atoms with van der Waals surface area (Å²) >= 11 is 0. The third-order valence-electron chi connectivity index (χ3n) is 2.41. The predicted octanol–water partition coefficient (Wildman–Crippen LogP) is 1.75. The topological polar surface area (TPSA) is 49.6 Å². The minimum absolute atomic E-state index is 0.142. The van der Waals surface area contributed by atoms with Crippen molar-refractivity contribution in [3.05, 3.63) is 23.5 Å². The largest absolute Gasteiger partial charge is 0.238 e. The SMILES string of the molecule is N#Cc1ncnc(C2CCC2)c1F. The van der Waals surface area contributed by atoms with Gasteiger partial charge in [0.25, 0.3) is 0 Å². The molecule has 1 aliphatic carbocycles. The maximum atomic E-state index is 13.4. The smallest absolute Gasteiger partial charge is 0.181 e. The van der Waals surface area contributed by atoms with Crippen LogP contribution in [-0.4, -0.2) is 9.97 Å². The Kier molecular flexibility index (Phi) is 1.93. The molecule has 0 aromatic carbocycles. The Balaban J connectivity index is 2.40. The van der Waals surface area contributed by atoms with Crippen LogP contribution in [0.15, 0.2) is 6.33 Å². The van der Waals surface area contributed by atoms with Crippen LogP contribution in [0.2, 0.25) is 0 Å². The van der Waals surface area contributed by atoms with Crippen molar-refractivity contribution in [2.75, 3.05) is 0 Å². The first-order chi connectivity index (χ1) is 6.33. The molecule has 13 heavy (non-hydrogen) atoms. The van der Waals surface area contributed by atoms with E-state index in [1.54, 1.807) is 6.07 Å². The quantitative estimate of drug-likeness (QED) is 0.656. The summed E-state index contributed by atoms with van der Waals surface area (Å²) in [6.07, 6.45) is 4.32. The molecule has 0 radical (unpaired) electrons. The van der Waals surface area contributed by atoms with Gasteiger partial charge in [0.05, 0.1) is 5.69 Å². The highest BCUT2D eigenvalue weighted by molar-refractivity contribution is 5.26. The maximum absolute atomic E-state index is 13.4. The number of halogens is 1. The molecule has 1 aromatic heterocycles. The van der Waals surface area contributed by atoms with Gasteiger partial charge in [-0.3, -0.25) is 0 Å². The Morgan fingerprint density at radius 2 is 2.23 bits per heavy atom. The van der Waals surface area contributed by atoms with Gasteiger partial charge in [-0.2, -0.15) is 5.26 Å². The molecule has 0 unspecified atom stereocenters. The fourth-order valence-corrected chi connectivity index (χ4v) is 1.43. The highest BCUT2D eigenvalue weighted by Crippen LogP contribution is 2.36. The summed E-state index contributed by atoms with van der Waals surface area (Å²) in [5, 5.41) is 8.54. The van der Waals surface area contributed by atoms with Gasteiger partial charge in [-0.1, -0.05) is 6.42 Å². The van der Waals surface area contributed by atoms with E-state index < -0.39 is 5.82 Å². The third kappa shape index (κ3) is 1.26. The molecule has 1 aliphatic rings. The number of rotatable bonds is 1. The van der Waals surface area contributed by atoms with E-state index in [-0.39, 0.29) is 11.6 Å². The number of aromatic nitrogens is 2. The zero-order chi connectivity index (χ0) is 9.26. The Morgan fingerprint density at radius 1 is 1.46 bits per heavy atom. The van der Waals surface area contributed by atoms with Crippen LogP contribution in [0.25, 0.3) is 0 Å². The van der Waals surface area contributed by atoms with Gasteiger partial charge in [-0.05, 0) is 12.8 Å². The molecule has 3 nitrogen and oxygen atoms in total. The van der Waals surface area contributed by atoms with Gasteiger partial charge in [0.1, 0.15) is 12.4 Å². The van der Waals surface area contributed by atoms with E-state index in [2.05, 4.69) is 9.97 Å². The predicted molar refractivity (Wildman–Crippen MR) is 43.3 cm³/mol. The first kappa shape index (κ1) is 8.11. The fraction of sp³-hybridized carbons (Fsp3) is 0.444. The Morgan fingerprint density at radius 3 is 2.77 bits per heavy atom. The molecule has 0 aliphatic heterocycles. The summed E-state index contributed by atoms with van der Waals surface area (Å²) in [5.41, 5.74) is 0.273. The van der Waals surface area contributed by atoms with Crippen molar-refractivity contribution in [2.45, 2.75) is 25.2 Å². The molecular weight excluding hydrogens is 169 g/mol. The van der Waals surface area contributed by atoms with Crippen LogP contribution in [-0.2, 0) is 0 Å². The van der Waals surface area contributed by atoms with Gasteiger partial charge >= 0.3 is 0 Å². The number of hydrogen-bond acceptors (Lipinski definition) is 3. The lowest BCUT2D eigenvalue weighted by Crippen LogP contribution is -2.14. The molecule has 0 saturated heterocycles. The molecular formula is C9H8FN3. The van der Waals surface area contributed by atoms with Gasteiger partial charge in [-0.15, -0.1) is 0 Å². The molecule has 1 heterocycles. The lowest BCUT2D eigenvalue weighted by molar-refractivity contribution is 0.392. The van der Waals surface area contributed by atoms with Crippen LogP contribution in [0.1, 0.15) is 36.6 Å². The zero-order valence-electron chi connectivity index (χ0n) is 7.00. The van der Waals surface area contributed by atoms with Crippen LogP contribution < -0.4 is 0 Å². The minimum Gasteiger partial charge on any atom is -0.238 e. The molecule has 66 valence electrons. The first-order valence-electron chi connectivity index (χ1n) is 4.23. The molecule has 1 saturated carbocycles. The first-order valence-corrected chi connectivity index (χ1v) is 4.23. The number of hydrogen-bond donors (Lipinski definition) is 0. The van der Waals surface area contributed by atoms with Crippen LogP contribution in [0.5, 0.6) is 0 Å². The van der Waals surface area contributed by atoms with Crippen molar-refractivity contribution in [3.8, 4) is 6.07 Å². The van der Waals surface area contributed by atoms with E-state index in [1.165, 1.54) is 6.33 Å². The average molecular weight is 177 g/mol. The van der Waals surface area contributed by atoms with E-state index >= 15 is 0 Å². The van der Waals surface area contributed by atoms with Gasteiger partial charge in [0, 0.05) is 5.92 Å². The van der Waals surface area contributed by atoms with Crippen molar-refractivity contribution in [1.29, 1.82) is 5.26 Å². The summed E-state index contributed by atoms with van der Waals surface area (Å²) in [6, 6.07) is 1.71. The second-order valence-electron chi connectivity index (χ2n) is 3.16. The lowest BCUT2D eigenvalue weighted by atomic mass is 9.82. The third-order valence-corrected chi connectivity index (χ3v) is 2.41. The van der Waals surface area contributed by atoms with E-state index in [4.69, 9.17) is 5.26 Å². The molecule has 0 amide bonds. The van der Waals surface area contributed by atoms with Crippen LogP contribution >= 0.6 is 0 Å². The standard InChI is InChI=1S/C9H8FN3/c10-8-7(4-11)12-5-13-9(8)6-2-1-3-6/h5-6H,1-3H2. The van der Waals surface area contributed by atoms with Crippen molar-refractivity contribution in [2.24, 2.45) is 0 Å². The summed E-state index contributed by atoms with van der Waals surface area (Å²) in [6.45, 7) is 0. The normalized spacial score (nSPS) is 16.3. The zero-order valence-corrected chi connectivity index (χ0v) is 7.00. The second kappa shape index (κ2) is 3.09. The highest BCUT2D eigenvalue weighted by Gasteiger charge is 2.25. The molecule has 4 heteroatoms. The summed E-state index contributed by atoms with van der Waals surface area (Å²) in [4.78, 5) is 7.42. The van der Waals surface area contributed by atoms with Gasteiger partial charge < -0.3 is 0 Å². The second-order valence-corrected chi connectivity index (χ2v) is 3.16. The van der Waals surface area contributed by atoms with Gasteiger partial charge in [0.15, 0.2) is 11.5 Å². The van der Waals surface area contributed by atoms with E-state index in [0.717, 1.165) is 19.3 Å². The molecule has 0 N–H and O–H groups in total. The summed E-state index contributed by atoms with van der Waals surface area (Å²) in [5.74, 6) is -0.329. The van der Waals surface area contributed by atoms with Crippen molar-refractivity contribution < 1.29 is 4.39 Å². The fourth-order valence-electron chi connectivity index (χ4n) is 1.43. The van der Waals surface area contributed by atoms with Crippen molar-refractivity contribution in [1.82, 2.24) is 9.97 Å². The highest BCUT2D eigenvalue weighted by atomic mass is 19.1. The lowest BCUT2D eigenvalue weighted by Gasteiger charge is -2.24. The monoisotopic (exact) mass is 177 g/mol. The van der Waals surface area contributed by atoms with Crippen LogP contribution in [0.3, 0.4) is 0 Å². The van der Waals surface area contributed by atoms with Gasteiger partial charge in [-0.25, -0.2) is 14.4 Å². The Hall–Kier alpha value is -1.50. The van der Waals surface area contributed by atoms with Gasteiger partial charge in [0.2, 0.25) is 0 Å². The molecule has 2 rings (SSSR count). The van der Waals surface area contributed by atoms with E-state index in [9.17, 15) is 4.39 Å². The van der Waals surface area contributed by atoms with Crippen LogP contribution in [0.4, 0.5) is 4.39 Å². The molecule has 1 fully saturated rings. The number of nitrogens with zero attached hydrogens (tertiary/aromatic N) is 3. The molecule has 0 spiro atoms. The average Bonchev–Trinajstić information content (AvgIpc) is 2.05.